The molecule has 0 bridgehead atoms. The Kier molecular flexibility index (Phi) is 2.39. The molecule has 78 valence electrons. The standard InChI is InChI=1S/C10H11N3O2/c1-6-2-3-9-7(4-6)8(13-15-9)5-10(14)12-11/h2-4H,5,11H2,1H3,(H,12,14). The van der Waals surface area contributed by atoms with Crippen molar-refractivity contribution < 1.29 is 9.32 Å². The summed E-state index contributed by atoms with van der Waals surface area (Å²) >= 11 is 0. The van der Waals surface area contributed by atoms with Crippen molar-refractivity contribution >= 4 is 16.9 Å². The molecule has 0 aliphatic rings. The van der Waals surface area contributed by atoms with E-state index in [2.05, 4.69) is 10.6 Å². The molecule has 0 unspecified atom stereocenters. The van der Waals surface area contributed by atoms with E-state index >= 15 is 0 Å². The Morgan fingerprint density at radius 2 is 2.40 bits per heavy atom. The maximum Gasteiger partial charge on any atom is 0.240 e. The lowest BCUT2D eigenvalue weighted by atomic mass is 10.1. The predicted octanol–water partition coefficient (Wildman–Crippen LogP) is 0.669. The molecule has 0 atom stereocenters. The Balaban J connectivity index is 2.43. The molecule has 0 spiro atoms. The van der Waals surface area contributed by atoms with Crippen molar-refractivity contribution in [3.8, 4) is 0 Å². The van der Waals surface area contributed by atoms with E-state index in [0.717, 1.165) is 10.9 Å². The minimum atomic E-state index is -0.285. The van der Waals surface area contributed by atoms with Crippen molar-refractivity contribution in [1.29, 1.82) is 0 Å². The first kappa shape index (κ1) is 9.67. The van der Waals surface area contributed by atoms with Crippen LogP contribution in [0.4, 0.5) is 0 Å². The maximum atomic E-state index is 11.1. The van der Waals surface area contributed by atoms with Crippen molar-refractivity contribution in [1.82, 2.24) is 10.6 Å². The Labute approximate surface area is 86.2 Å². The molecule has 5 nitrogen and oxygen atoms in total. The van der Waals surface area contributed by atoms with Crippen molar-refractivity contribution in [3.63, 3.8) is 0 Å². The van der Waals surface area contributed by atoms with Gasteiger partial charge in [-0.2, -0.15) is 0 Å². The van der Waals surface area contributed by atoms with Crippen molar-refractivity contribution in [2.24, 2.45) is 5.84 Å². The Bertz CT molecular complexity index is 504. The zero-order chi connectivity index (χ0) is 10.8. The third-order valence-corrected chi connectivity index (χ3v) is 2.19. The van der Waals surface area contributed by atoms with Gasteiger partial charge in [0.05, 0.1) is 6.42 Å². The zero-order valence-electron chi connectivity index (χ0n) is 8.28. The number of aryl methyl sites for hydroxylation is 1. The molecule has 2 aromatic rings. The SMILES string of the molecule is Cc1ccc2onc(CC(=O)NN)c2c1. The monoisotopic (exact) mass is 205 g/mol. The number of hydrogen-bond donors (Lipinski definition) is 2. The van der Waals surface area contributed by atoms with Crippen LogP contribution in [-0.4, -0.2) is 11.1 Å². The first-order valence-corrected chi connectivity index (χ1v) is 4.55. The van der Waals surface area contributed by atoms with E-state index in [1.165, 1.54) is 0 Å². The first-order chi connectivity index (χ1) is 7.20. The number of amides is 1. The lowest BCUT2D eigenvalue weighted by molar-refractivity contribution is -0.120. The zero-order valence-corrected chi connectivity index (χ0v) is 8.28. The maximum absolute atomic E-state index is 11.1. The van der Waals surface area contributed by atoms with E-state index in [1.807, 2.05) is 25.1 Å². The number of hydrogen-bond acceptors (Lipinski definition) is 4. The number of fused-ring (bicyclic) bond motifs is 1. The van der Waals surface area contributed by atoms with Crippen LogP contribution in [-0.2, 0) is 11.2 Å². The summed E-state index contributed by atoms with van der Waals surface area (Å²) in [5, 5.41) is 4.69. The van der Waals surface area contributed by atoms with Gasteiger partial charge in [0.1, 0.15) is 5.69 Å². The predicted molar refractivity (Wildman–Crippen MR) is 54.8 cm³/mol. The highest BCUT2D eigenvalue weighted by atomic mass is 16.5. The van der Waals surface area contributed by atoms with Gasteiger partial charge < -0.3 is 4.52 Å². The highest BCUT2D eigenvalue weighted by Crippen LogP contribution is 2.19. The largest absolute Gasteiger partial charge is 0.356 e. The number of rotatable bonds is 2. The van der Waals surface area contributed by atoms with Gasteiger partial charge in [-0.25, -0.2) is 5.84 Å². The van der Waals surface area contributed by atoms with Crippen LogP contribution in [0.5, 0.6) is 0 Å². The van der Waals surface area contributed by atoms with Crippen LogP contribution in [0, 0.1) is 6.92 Å². The smallest absolute Gasteiger partial charge is 0.240 e. The molecule has 3 N–H and O–H groups in total. The molecule has 0 aliphatic heterocycles. The third kappa shape index (κ3) is 1.82. The van der Waals surface area contributed by atoms with E-state index in [0.29, 0.717) is 11.3 Å². The lowest BCUT2D eigenvalue weighted by Gasteiger charge is -1.96. The van der Waals surface area contributed by atoms with Gasteiger partial charge in [-0.1, -0.05) is 16.8 Å². The second-order valence-corrected chi connectivity index (χ2v) is 3.37. The number of nitrogens with zero attached hydrogens (tertiary/aromatic N) is 1. The van der Waals surface area contributed by atoms with Gasteiger partial charge >= 0.3 is 0 Å². The van der Waals surface area contributed by atoms with Crippen molar-refractivity contribution in [2.45, 2.75) is 13.3 Å². The number of nitrogens with one attached hydrogen (secondary N) is 1. The molecule has 5 heteroatoms. The molecule has 0 saturated heterocycles. The summed E-state index contributed by atoms with van der Waals surface area (Å²) in [6, 6.07) is 5.70. The average Bonchev–Trinajstić information content (AvgIpc) is 2.61. The highest BCUT2D eigenvalue weighted by molar-refractivity contribution is 5.86. The first-order valence-electron chi connectivity index (χ1n) is 4.55. The summed E-state index contributed by atoms with van der Waals surface area (Å²) in [5.74, 6) is 4.72. The Morgan fingerprint density at radius 1 is 1.60 bits per heavy atom. The molecule has 1 heterocycles. The van der Waals surface area contributed by atoms with E-state index in [9.17, 15) is 4.79 Å². The summed E-state index contributed by atoms with van der Waals surface area (Å²) in [5.41, 5.74) is 4.45. The topological polar surface area (TPSA) is 81.2 Å². The third-order valence-electron chi connectivity index (χ3n) is 2.19. The van der Waals surface area contributed by atoms with Gasteiger partial charge in [0.2, 0.25) is 5.91 Å². The molecule has 0 radical (unpaired) electrons. The summed E-state index contributed by atoms with van der Waals surface area (Å²) in [4.78, 5) is 11.1. The Hall–Kier alpha value is -1.88. The molecular formula is C10H11N3O2. The van der Waals surface area contributed by atoms with Crippen LogP contribution in [0.15, 0.2) is 22.7 Å². The van der Waals surface area contributed by atoms with E-state index in [-0.39, 0.29) is 12.3 Å². The van der Waals surface area contributed by atoms with Crippen LogP contribution in [0.25, 0.3) is 11.0 Å². The minimum absolute atomic E-state index is 0.132. The van der Waals surface area contributed by atoms with E-state index in [1.54, 1.807) is 0 Å². The van der Waals surface area contributed by atoms with Crippen LogP contribution in [0.1, 0.15) is 11.3 Å². The second kappa shape index (κ2) is 3.70. The highest BCUT2D eigenvalue weighted by Gasteiger charge is 2.11. The minimum Gasteiger partial charge on any atom is -0.356 e. The van der Waals surface area contributed by atoms with Gasteiger partial charge in [0, 0.05) is 5.39 Å². The number of carbonyl (C=O) groups is 1. The fourth-order valence-corrected chi connectivity index (χ4v) is 1.43. The van der Waals surface area contributed by atoms with Crippen LogP contribution < -0.4 is 11.3 Å². The van der Waals surface area contributed by atoms with Crippen LogP contribution >= 0.6 is 0 Å². The van der Waals surface area contributed by atoms with Gasteiger partial charge in [0.25, 0.3) is 0 Å². The lowest BCUT2D eigenvalue weighted by Crippen LogP contribution is -2.31. The van der Waals surface area contributed by atoms with Gasteiger partial charge in [0.15, 0.2) is 5.58 Å². The number of hydrazine groups is 1. The summed E-state index contributed by atoms with van der Waals surface area (Å²) < 4.78 is 5.08. The van der Waals surface area contributed by atoms with Crippen LogP contribution in [0.3, 0.4) is 0 Å². The molecule has 1 aromatic carbocycles. The molecule has 2 rings (SSSR count). The summed E-state index contributed by atoms with van der Waals surface area (Å²) in [6.07, 6.45) is 0.132. The molecule has 1 aromatic heterocycles. The number of benzene rings is 1. The van der Waals surface area contributed by atoms with E-state index in [4.69, 9.17) is 10.4 Å². The molecule has 1 amide bonds. The summed E-state index contributed by atoms with van der Waals surface area (Å²) in [7, 11) is 0. The fraction of sp³-hybridized carbons (Fsp3) is 0.200. The molecule has 15 heavy (non-hydrogen) atoms. The summed E-state index contributed by atoms with van der Waals surface area (Å²) in [6.45, 7) is 1.97. The molecule has 0 fully saturated rings. The average molecular weight is 205 g/mol. The number of carbonyl (C=O) groups excluding carboxylic acids is 1. The van der Waals surface area contributed by atoms with Crippen LogP contribution in [0.2, 0.25) is 0 Å². The van der Waals surface area contributed by atoms with E-state index < -0.39 is 0 Å². The fourth-order valence-electron chi connectivity index (χ4n) is 1.43. The Morgan fingerprint density at radius 3 is 3.13 bits per heavy atom. The number of aromatic nitrogens is 1. The second-order valence-electron chi connectivity index (χ2n) is 3.37. The van der Waals surface area contributed by atoms with Crippen molar-refractivity contribution in [2.75, 3.05) is 0 Å². The number of nitrogens with two attached hydrogens (primary N) is 1. The normalized spacial score (nSPS) is 10.5. The van der Waals surface area contributed by atoms with Gasteiger partial charge in [-0.05, 0) is 19.1 Å². The molecule has 0 saturated carbocycles. The van der Waals surface area contributed by atoms with Crippen molar-refractivity contribution in [3.05, 3.63) is 29.5 Å². The van der Waals surface area contributed by atoms with Gasteiger partial charge in [-0.3, -0.25) is 10.2 Å². The molecule has 0 aliphatic carbocycles. The molecular weight excluding hydrogens is 194 g/mol. The quantitative estimate of drug-likeness (QED) is 0.429. The van der Waals surface area contributed by atoms with Gasteiger partial charge in [-0.15, -0.1) is 0 Å².